The molecular weight excluding hydrogens is 160 g/mol. The van der Waals surface area contributed by atoms with E-state index in [4.69, 9.17) is 0 Å². The molecule has 70 valence electrons. The Bertz CT molecular complexity index is 262. The van der Waals surface area contributed by atoms with Crippen LogP contribution in [0, 0.1) is 6.92 Å². The summed E-state index contributed by atoms with van der Waals surface area (Å²) in [6, 6.07) is 5.06. The summed E-state index contributed by atoms with van der Waals surface area (Å²) >= 11 is 0. The number of aryl methyl sites for hydroxylation is 1. The molecule has 0 bridgehead atoms. The molecule has 2 rings (SSSR count). The Balaban J connectivity index is 1.76. The highest BCUT2D eigenvalue weighted by Gasteiger charge is 2.19. The first-order valence-corrected chi connectivity index (χ1v) is 4.99. The fraction of sp³-hybridized carbons (Fsp3) is 0.545. The summed E-state index contributed by atoms with van der Waals surface area (Å²) in [5, 5.41) is 3.49. The Hall–Kier alpha value is -0.890. The van der Waals surface area contributed by atoms with Gasteiger partial charge in [0, 0.05) is 17.9 Å². The predicted octanol–water partition coefficient (Wildman–Crippen LogP) is 1.68. The highest BCUT2D eigenvalue weighted by Crippen LogP contribution is 2.18. The van der Waals surface area contributed by atoms with Crippen molar-refractivity contribution in [3.05, 3.63) is 29.6 Å². The summed E-state index contributed by atoms with van der Waals surface area (Å²) in [7, 11) is 0. The fourth-order valence-corrected chi connectivity index (χ4v) is 1.35. The molecule has 0 radical (unpaired) electrons. The van der Waals surface area contributed by atoms with Crippen LogP contribution in [0.15, 0.2) is 18.3 Å². The van der Waals surface area contributed by atoms with Gasteiger partial charge in [0.25, 0.3) is 0 Å². The first-order valence-electron chi connectivity index (χ1n) is 4.99. The van der Waals surface area contributed by atoms with Crippen molar-refractivity contribution >= 4 is 0 Å². The van der Waals surface area contributed by atoms with E-state index in [0.29, 0.717) is 0 Å². The van der Waals surface area contributed by atoms with Crippen LogP contribution < -0.4 is 5.32 Å². The van der Waals surface area contributed by atoms with Gasteiger partial charge in [-0.05, 0) is 44.4 Å². The lowest BCUT2D eigenvalue weighted by molar-refractivity contribution is 0.681. The molecule has 0 aromatic carbocycles. The van der Waals surface area contributed by atoms with Crippen molar-refractivity contribution in [1.29, 1.82) is 0 Å². The van der Waals surface area contributed by atoms with Gasteiger partial charge in [0.15, 0.2) is 0 Å². The zero-order chi connectivity index (χ0) is 9.10. The third kappa shape index (κ3) is 2.81. The summed E-state index contributed by atoms with van der Waals surface area (Å²) in [5.74, 6) is 0. The van der Waals surface area contributed by atoms with Gasteiger partial charge in [-0.1, -0.05) is 6.07 Å². The lowest BCUT2D eigenvalue weighted by Crippen LogP contribution is -2.19. The van der Waals surface area contributed by atoms with Crippen molar-refractivity contribution < 1.29 is 0 Å². The number of nitrogens with zero attached hydrogens (tertiary/aromatic N) is 1. The van der Waals surface area contributed by atoms with Crippen molar-refractivity contribution in [3.8, 4) is 0 Å². The van der Waals surface area contributed by atoms with E-state index >= 15 is 0 Å². The lowest BCUT2D eigenvalue weighted by atomic mass is 10.2. The van der Waals surface area contributed by atoms with Crippen LogP contribution in [0.3, 0.4) is 0 Å². The van der Waals surface area contributed by atoms with Gasteiger partial charge in [-0.2, -0.15) is 0 Å². The van der Waals surface area contributed by atoms with Gasteiger partial charge in [-0.15, -0.1) is 0 Å². The number of aromatic nitrogens is 1. The van der Waals surface area contributed by atoms with Crippen LogP contribution in [-0.4, -0.2) is 17.6 Å². The molecule has 13 heavy (non-hydrogen) atoms. The zero-order valence-corrected chi connectivity index (χ0v) is 8.09. The van der Waals surface area contributed by atoms with E-state index in [-0.39, 0.29) is 0 Å². The van der Waals surface area contributed by atoms with E-state index in [9.17, 15) is 0 Å². The maximum absolute atomic E-state index is 4.26. The van der Waals surface area contributed by atoms with E-state index < -0.39 is 0 Å². The Morgan fingerprint density at radius 1 is 1.46 bits per heavy atom. The molecule has 0 aliphatic heterocycles. The fourth-order valence-electron chi connectivity index (χ4n) is 1.35. The molecule has 0 unspecified atom stereocenters. The molecule has 1 aromatic rings. The van der Waals surface area contributed by atoms with Crippen LogP contribution in [0.5, 0.6) is 0 Å². The predicted molar refractivity (Wildman–Crippen MR) is 53.7 cm³/mol. The summed E-state index contributed by atoms with van der Waals surface area (Å²) in [4.78, 5) is 4.26. The number of rotatable bonds is 4. The van der Waals surface area contributed by atoms with E-state index in [1.807, 2.05) is 13.1 Å². The Morgan fingerprint density at radius 2 is 2.31 bits per heavy atom. The van der Waals surface area contributed by atoms with E-state index in [1.165, 1.54) is 18.4 Å². The second-order valence-electron chi connectivity index (χ2n) is 3.79. The number of nitrogens with one attached hydrogen (secondary N) is 1. The molecule has 1 aromatic heterocycles. The molecular formula is C11H16N2. The number of hydrogen-bond acceptors (Lipinski definition) is 2. The summed E-state index contributed by atoms with van der Waals surface area (Å²) in [6.45, 7) is 3.11. The highest BCUT2D eigenvalue weighted by atomic mass is 14.9. The Labute approximate surface area is 79.4 Å². The first-order chi connectivity index (χ1) is 6.34. The van der Waals surface area contributed by atoms with Crippen LogP contribution in [0.25, 0.3) is 0 Å². The summed E-state index contributed by atoms with van der Waals surface area (Å²) < 4.78 is 0. The van der Waals surface area contributed by atoms with Crippen LogP contribution in [0.4, 0.5) is 0 Å². The maximum atomic E-state index is 4.26. The van der Waals surface area contributed by atoms with Crippen molar-refractivity contribution in [2.24, 2.45) is 0 Å². The second kappa shape index (κ2) is 3.88. The molecule has 1 heterocycles. The minimum absolute atomic E-state index is 0.818. The number of hydrogen-bond donors (Lipinski definition) is 1. The van der Waals surface area contributed by atoms with Crippen LogP contribution >= 0.6 is 0 Å². The average molecular weight is 176 g/mol. The molecule has 0 atom stereocenters. The third-order valence-electron chi connectivity index (χ3n) is 2.40. The van der Waals surface area contributed by atoms with Gasteiger partial charge in [0.05, 0.1) is 0 Å². The van der Waals surface area contributed by atoms with Gasteiger partial charge in [-0.25, -0.2) is 0 Å². The topological polar surface area (TPSA) is 24.9 Å². The normalized spacial score (nSPS) is 16.1. The van der Waals surface area contributed by atoms with Crippen molar-refractivity contribution in [2.45, 2.75) is 32.2 Å². The maximum Gasteiger partial charge on any atom is 0.0372 e. The van der Waals surface area contributed by atoms with E-state index in [2.05, 4.69) is 22.4 Å². The van der Waals surface area contributed by atoms with Crippen LogP contribution in [-0.2, 0) is 6.42 Å². The Kier molecular flexibility index (Phi) is 2.60. The largest absolute Gasteiger partial charge is 0.314 e. The Morgan fingerprint density at radius 3 is 2.92 bits per heavy atom. The monoisotopic (exact) mass is 176 g/mol. The molecule has 0 spiro atoms. The smallest absolute Gasteiger partial charge is 0.0372 e. The van der Waals surface area contributed by atoms with E-state index in [1.54, 1.807) is 0 Å². The molecule has 2 nitrogen and oxygen atoms in total. The standard InChI is InChI=1S/C11H16N2/c1-9-2-3-10(8-13-9)6-7-12-11-4-5-11/h2-3,8,11-12H,4-7H2,1H3. The van der Waals surface area contributed by atoms with Gasteiger partial charge in [-0.3, -0.25) is 4.98 Å². The minimum atomic E-state index is 0.818. The molecule has 1 fully saturated rings. The lowest BCUT2D eigenvalue weighted by Gasteiger charge is -2.02. The molecule has 0 amide bonds. The molecule has 1 aliphatic carbocycles. The highest BCUT2D eigenvalue weighted by molar-refractivity contribution is 5.13. The van der Waals surface area contributed by atoms with Gasteiger partial charge in [0.1, 0.15) is 0 Å². The van der Waals surface area contributed by atoms with E-state index in [0.717, 1.165) is 24.7 Å². The van der Waals surface area contributed by atoms with Gasteiger partial charge < -0.3 is 5.32 Å². The molecule has 0 saturated heterocycles. The first kappa shape index (κ1) is 8.70. The molecule has 1 aliphatic rings. The quantitative estimate of drug-likeness (QED) is 0.755. The van der Waals surface area contributed by atoms with Crippen LogP contribution in [0.2, 0.25) is 0 Å². The van der Waals surface area contributed by atoms with Crippen LogP contribution in [0.1, 0.15) is 24.1 Å². The average Bonchev–Trinajstić information content (AvgIpc) is 2.92. The molecule has 1 N–H and O–H groups in total. The van der Waals surface area contributed by atoms with Gasteiger partial charge >= 0.3 is 0 Å². The zero-order valence-electron chi connectivity index (χ0n) is 8.09. The summed E-state index contributed by atoms with van der Waals surface area (Å²) in [5.41, 5.74) is 2.43. The van der Waals surface area contributed by atoms with Gasteiger partial charge in [0.2, 0.25) is 0 Å². The van der Waals surface area contributed by atoms with Crippen molar-refractivity contribution in [1.82, 2.24) is 10.3 Å². The molecule has 1 saturated carbocycles. The second-order valence-corrected chi connectivity index (χ2v) is 3.79. The summed E-state index contributed by atoms with van der Waals surface area (Å²) in [6.07, 6.45) is 5.81. The van der Waals surface area contributed by atoms with Crippen molar-refractivity contribution in [3.63, 3.8) is 0 Å². The molecule has 2 heteroatoms. The minimum Gasteiger partial charge on any atom is -0.314 e. The third-order valence-corrected chi connectivity index (χ3v) is 2.40. The number of pyridine rings is 1. The van der Waals surface area contributed by atoms with Crippen molar-refractivity contribution in [2.75, 3.05) is 6.54 Å². The SMILES string of the molecule is Cc1ccc(CCNC2CC2)cn1.